The number of rotatable bonds is 4. The van der Waals surface area contributed by atoms with Crippen LogP contribution in [0.2, 0.25) is 0 Å². The first-order valence-electron chi connectivity index (χ1n) is 5.47. The number of anilines is 2. The van der Waals surface area contributed by atoms with Crippen LogP contribution in [-0.4, -0.2) is 22.7 Å². The van der Waals surface area contributed by atoms with Crippen LogP contribution in [0.3, 0.4) is 0 Å². The molecule has 0 bridgehead atoms. The van der Waals surface area contributed by atoms with Gasteiger partial charge in [-0.3, -0.25) is 0 Å². The van der Waals surface area contributed by atoms with Gasteiger partial charge in [0.2, 0.25) is 0 Å². The summed E-state index contributed by atoms with van der Waals surface area (Å²) in [7, 11) is 0. The fourth-order valence-corrected chi connectivity index (χ4v) is 1.25. The summed E-state index contributed by atoms with van der Waals surface area (Å²) >= 11 is 0. The van der Waals surface area contributed by atoms with Crippen molar-refractivity contribution in [2.75, 3.05) is 17.6 Å². The van der Waals surface area contributed by atoms with Gasteiger partial charge in [-0.2, -0.15) is 13.2 Å². The standard InChI is InChI=1S/C11H16F3N3O/c1-6(2)8(18)5-16-10-4-7(11(12,13)14)3-9(15)17-10/h3-4,6,8,18H,5H2,1-2H3,(H3,15,16,17). The predicted molar refractivity (Wildman–Crippen MR) is 63.0 cm³/mol. The number of alkyl halides is 3. The molecule has 102 valence electrons. The normalized spacial score (nSPS) is 13.7. The Bertz CT molecular complexity index is 407. The maximum Gasteiger partial charge on any atom is 0.416 e. The first-order valence-corrected chi connectivity index (χ1v) is 5.47. The van der Waals surface area contributed by atoms with Crippen molar-refractivity contribution in [2.45, 2.75) is 26.1 Å². The van der Waals surface area contributed by atoms with Crippen molar-refractivity contribution in [3.05, 3.63) is 17.7 Å². The molecule has 7 heteroatoms. The Morgan fingerprint density at radius 1 is 1.39 bits per heavy atom. The van der Waals surface area contributed by atoms with E-state index in [2.05, 4.69) is 10.3 Å². The van der Waals surface area contributed by atoms with Crippen LogP contribution in [-0.2, 0) is 6.18 Å². The van der Waals surface area contributed by atoms with E-state index in [-0.39, 0.29) is 24.1 Å². The highest BCUT2D eigenvalue weighted by Crippen LogP contribution is 2.31. The Labute approximate surface area is 103 Å². The van der Waals surface area contributed by atoms with E-state index in [1.165, 1.54) is 0 Å². The summed E-state index contributed by atoms with van der Waals surface area (Å²) in [4.78, 5) is 3.73. The lowest BCUT2D eigenvalue weighted by Gasteiger charge is -2.16. The second-order valence-electron chi connectivity index (χ2n) is 4.36. The first kappa shape index (κ1) is 14.6. The maximum atomic E-state index is 12.5. The van der Waals surface area contributed by atoms with Gasteiger partial charge in [-0.1, -0.05) is 13.8 Å². The largest absolute Gasteiger partial charge is 0.416 e. The van der Waals surface area contributed by atoms with E-state index in [1.54, 1.807) is 13.8 Å². The molecule has 0 radical (unpaired) electrons. The quantitative estimate of drug-likeness (QED) is 0.778. The average Bonchev–Trinajstić information content (AvgIpc) is 2.23. The summed E-state index contributed by atoms with van der Waals surface area (Å²) in [5.74, 6) is -0.214. The third-order valence-corrected chi connectivity index (χ3v) is 2.43. The number of nitrogens with zero attached hydrogens (tertiary/aromatic N) is 1. The number of pyridine rings is 1. The lowest BCUT2D eigenvalue weighted by Crippen LogP contribution is -2.25. The fraction of sp³-hybridized carbons (Fsp3) is 0.545. The molecule has 0 spiro atoms. The van der Waals surface area contributed by atoms with Crippen LogP contribution in [0.25, 0.3) is 0 Å². The maximum absolute atomic E-state index is 12.5. The number of nitrogen functional groups attached to an aromatic ring is 1. The van der Waals surface area contributed by atoms with Crippen molar-refractivity contribution in [3.63, 3.8) is 0 Å². The van der Waals surface area contributed by atoms with E-state index in [1.807, 2.05) is 0 Å². The summed E-state index contributed by atoms with van der Waals surface area (Å²) in [6, 6.07) is 1.63. The van der Waals surface area contributed by atoms with Crippen molar-refractivity contribution in [3.8, 4) is 0 Å². The lowest BCUT2D eigenvalue weighted by atomic mass is 10.1. The molecule has 0 aliphatic heterocycles. The van der Waals surface area contributed by atoms with Gasteiger partial charge < -0.3 is 16.2 Å². The molecule has 0 aliphatic carbocycles. The Hall–Kier alpha value is -1.50. The van der Waals surface area contributed by atoms with E-state index in [0.29, 0.717) is 0 Å². The molecule has 18 heavy (non-hydrogen) atoms. The van der Waals surface area contributed by atoms with Crippen molar-refractivity contribution >= 4 is 11.6 Å². The molecule has 1 atom stereocenters. The molecule has 1 aromatic rings. The van der Waals surface area contributed by atoms with E-state index in [0.717, 1.165) is 12.1 Å². The monoisotopic (exact) mass is 263 g/mol. The van der Waals surface area contributed by atoms with E-state index in [9.17, 15) is 18.3 Å². The molecule has 0 saturated heterocycles. The molecule has 1 rings (SSSR count). The summed E-state index contributed by atoms with van der Waals surface area (Å²) < 4.78 is 37.5. The van der Waals surface area contributed by atoms with Crippen molar-refractivity contribution in [1.82, 2.24) is 4.98 Å². The van der Waals surface area contributed by atoms with Gasteiger partial charge in [0.05, 0.1) is 11.7 Å². The third-order valence-electron chi connectivity index (χ3n) is 2.43. The number of aliphatic hydroxyl groups is 1. The van der Waals surface area contributed by atoms with Gasteiger partial charge in [-0.25, -0.2) is 4.98 Å². The molecule has 0 fully saturated rings. The molecule has 4 N–H and O–H groups in total. The molecule has 4 nitrogen and oxygen atoms in total. The van der Waals surface area contributed by atoms with Crippen molar-refractivity contribution < 1.29 is 18.3 Å². The highest BCUT2D eigenvalue weighted by molar-refractivity contribution is 5.47. The molecular weight excluding hydrogens is 247 g/mol. The molecule has 0 amide bonds. The topological polar surface area (TPSA) is 71.2 Å². The van der Waals surface area contributed by atoms with Crippen LogP contribution in [0.1, 0.15) is 19.4 Å². The summed E-state index contributed by atoms with van der Waals surface area (Å²) in [6.45, 7) is 3.73. The number of aromatic nitrogens is 1. The highest BCUT2D eigenvalue weighted by atomic mass is 19.4. The highest BCUT2D eigenvalue weighted by Gasteiger charge is 2.31. The van der Waals surface area contributed by atoms with E-state index < -0.39 is 17.8 Å². The number of nitrogens with one attached hydrogen (secondary N) is 1. The minimum absolute atomic E-state index is 0.000598. The summed E-state index contributed by atoms with van der Waals surface area (Å²) in [6.07, 6.45) is -5.13. The second kappa shape index (κ2) is 5.43. The zero-order valence-corrected chi connectivity index (χ0v) is 10.1. The van der Waals surface area contributed by atoms with Gasteiger partial charge >= 0.3 is 6.18 Å². The number of halogens is 3. The van der Waals surface area contributed by atoms with Crippen LogP contribution in [0, 0.1) is 5.92 Å². The number of aliphatic hydroxyl groups excluding tert-OH is 1. The van der Waals surface area contributed by atoms with Gasteiger partial charge in [0.15, 0.2) is 0 Å². The molecule has 1 heterocycles. The molecular formula is C11H16F3N3O. The smallest absolute Gasteiger partial charge is 0.391 e. The van der Waals surface area contributed by atoms with Crippen LogP contribution >= 0.6 is 0 Å². The Kier molecular flexibility index (Phi) is 4.39. The Morgan fingerprint density at radius 3 is 2.50 bits per heavy atom. The zero-order valence-electron chi connectivity index (χ0n) is 10.1. The van der Waals surface area contributed by atoms with Gasteiger partial charge in [-0.15, -0.1) is 0 Å². The van der Waals surface area contributed by atoms with Crippen molar-refractivity contribution in [1.29, 1.82) is 0 Å². The Morgan fingerprint density at radius 2 is 2.00 bits per heavy atom. The number of hydrogen-bond acceptors (Lipinski definition) is 4. The second-order valence-corrected chi connectivity index (χ2v) is 4.36. The molecule has 1 unspecified atom stereocenters. The minimum atomic E-state index is -4.47. The van der Waals surface area contributed by atoms with Crippen LogP contribution < -0.4 is 11.1 Å². The molecule has 0 aromatic carbocycles. The summed E-state index contributed by atoms with van der Waals surface area (Å²) in [5.41, 5.74) is 4.44. The van der Waals surface area contributed by atoms with Gasteiger partial charge in [0.25, 0.3) is 0 Å². The summed E-state index contributed by atoms with van der Waals surface area (Å²) in [5, 5.41) is 12.2. The number of hydrogen-bond donors (Lipinski definition) is 3. The van der Waals surface area contributed by atoms with Gasteiger partial charge in [-0.05, 0) is 18.1 Å². The molecule has 0 saturated carbocycles. The van der Waals surface area contributed by atoms with Gasteiger partial charge in [0, 0.05) is 6.54 Å². The zero-order chi connectivity index (χ0) is 13.9. The van der Waals surface area contributed by atoms with Gasteiger partial charge in [0.1, 0.15) is 11.6 Å². The minimum Gasteiger partial charge on any atom is -0.391 e. The Balaban J connectivity index is 2.81. The first-order chi connectivity index (χ1) is 8.20. The van der Waals surface area contributed by atoms with Crippen molar-refractivity contribution in [2.24, 2.45) is 5.92 Å². The van der Waals surface area contributed by atoms with Crippen LogP contribution in [0.5, 0.6) is 0 Å². The van der Waals surface area contributed by atoms with E-state index >= 15 is 0 Å². The molecule has 0 aliphatic rings. The van der Waals surface area contributed by atoms with E-state index in [4.69, 9.17) is 5.73 Å². The van der Waals surface area contributed by atoms with Crippen LogP contribution in [0.4, 0.5) is 24.8 Å². The number of nitrogens with two attached hydrogens (primary N) is 1. The predicted octanol–water partition coefficient (Wildman–Crippen LogP) is 2.11. The fourth-order valence-electron chi connectivity index (χ4n) is 1.25. The SMILES string of the molecule is CC(C)C(O)CNc1cc(C(F)(F)F)cc(N)n1. The molecule has 1 aromatic heterocycles. The lowest BCUT2D eigenvalue weighted by molar-refractivity contribution is -0.137. The average molecular weight is 263 g/mol. The third kappa shape index (κ3) is 4.06. The van der Waals surface area contributed by atoms with Crippen LogP contribution in [0.15, 0.2) is 12.1 Å².